The molecule has 0 amide bonds. The Hall–Kier alpha value is -2.36. The molecule has 2 aromatic carbocycles. The van der Waals surface area contributed by atoms with Crippen molar-refractivity contribution in [2.75, 3.05) is 10.9 Å². The van der Waals surface area contributed by atoms with Crippen molar-refractivity contribution in [3.8, 4) is 11.5 Å². The number of benzene rings is 2. The van der Waals surface area contributed by atoms with Crippen molar-refractivity contribution in [1.29, 1.82) is 0 Å². The van der Waals surface area contributed by atoms with Crippen molar-refractivity contribution < 1.29 is 10.2 Å². The third-order valence-electron chi connectivity index (χ3n) is 3.33. The normalized spacial score (nSPS) is 10.4. The molecule has 0 atom stereocenters. The van der Waals surface area contributed by atoms with Gasteiger partial charge in [-0.3, -0.25) is 0 Å². The standard InChI is InChI=1S/C16H20N2O2/c1-9-5-13(6-10(2)15(9)19)17-18-14-7-11(3)16(20)12(4)8-14/h5-8,17-20H,1-4H3. The Morgan fingerprint density at radius 1 is 0.600 bits per heavy atom. The van der Waals surface area contributed by atoms with E-state index in [-0.39, 0.29) is 0 Å². The predicted molar refractivity (Wildman–Crippen MR) is 82.4 cm³/mol. The van der Waals surface area contributed by atoms with Gasteiger partial charge >= 0.3 is 0 Å². The topological polar surface area (TPSA) is 64.5 Å². The summed E-state index contributed by atoms with van der Waals surface area (Å²) in [5.74, 6) is 0.652. The maximum absolute atomic E-state index is 9.74. The highest BCUT2D eigenvalue weighted by Crippen LogP contribution is 2.27. The van der Waals surface area contributed by atoms with E-state index in [0.717, 1.165) is 33.6 Å². The molecule has 4 heteroatoms. The molecule has 0 saturated carbocycles. The zero-order chi connectivity index (χ0) is 14.9. The van der Waals surface area contributed by atoms with E-state index in [0.29, 0.717) is 11.5 Å². The molecule has 4 nitrogen and oxygen atoms in total. The Bertz CT molecular complexity index is 547. The summed E-state index contributed by atoms with van der Waals surface area (Å²) in [5.41, 5.74) is 11.3. The Kier molecular flexibility index (Phi) is 3.74. The summed E-state index contributed by atoms with van der Waals surface area (Å²) in [6.45, 7) is 7.45. The van der Waals surface area contributed by atoms with E-state index >= 15 is 0 Å². The quantitative estimate of drug-likeness (QED) is 0.507. The molecule has 0 radical (unpaired) electrons. The summed E-state index contributed by atoms with van der Waals surface area (Å²) in [4.78, 5) is 0. The summed E-state index contributed by atoms with van der Waals surface area (Å²) < 4.78 is 0. The number of phenolic OH excluding ortho intramolecular Hbond substituents is 2. The van der Waals surface area contributed by atoms with E-state index in [9.17, 15) is 10.2 Å². The lowest BCUT2D eigenvalue weighted by molar-refractivity contribution is 0.466. The van der Waals surface area contributed by atoms with Crippen LogP contribution in [-0.2, 0) is 0 Å². The number of nitrogens with one attached hydrogen (secondary N) is 2. The Morgan fingerprint density at radius 2 is 0.850 bits per heavy atom. The number of hydrogen-bond acceptors (Lipinski definition) is 4. The van der Waals surface area contributed by atoms with Gasteiger partial charge in [0.25, 0.3) is 0 Å². The third kappa shape index (κ3) is 2.79. The van der Waals surface area contributed by atoms with Crippen molar-refractivity contribution in [2.24, 2.45) is 0 Å². The molecule has 4 N–H and O–H groups in total. The number of hydrazine groups is 1. The van der Waals surface area contributed by atoms with Gasteiger partial charge in [0.1, 0.15) is 11.5 Å². The third-order valence-corrected chi connectivity index (χ3v) is 3.33. The van der Waals surface area contributed by atoms with E-state index in [1.54, 1.807) is 0 Å². The van der Waals surface area contributed by atoms with Crippen LogP contribution < -0.4 is 10.9 Å². The van der Waals surface area contributed by atoms with Gasteiger partial charge in [0, 0.05) is 0 Å². The minimum Gasteiger partial charge on any atom is -0.507 e. The maximum atomic E-state index is 9.74. The van der Waals surface area contributed by atoms with Gasteiger partial charge in [-0.1, -0.05) is 0 Å². The maximum Gasteiger partial charge on any atom is 0.121 e. The van der Waals surface area contributed by atoms with E-state index in [4.69, 9.17) is 0 Å². The number of rotatable bonds is 3. The molecule has 0 saturated heterocycles. The van der Waals surface area contributed by atoms with Crippen LogP contribution in [0.4, 0.5) is 11.4 Å². The first-order chi connectivity index (χ1) is 9.38. The Labute approximate surface area is 119 Å². The minimum absolute atomic E-state index is 0.326. The van der Waals surface area contributed by atoms with E-state index in [1.165, 1.54) is 0 Å². The van der Waals surface area contributed by atoms with E-state index in [1.807, 2.05) is 52.0 Å². The molecular weight excluding hydrogens is 252 g/mol. The molecule has 0 bridgehead atoms. The molecule has 0 unspecified atom stereocenters. The Balaban J connectivity index is 2.17. The minimum atomic E-state index is 0.326. The summed E-state index contributed by atoms with van der Waals surface area (Å²) in [6.07, 6.45) is 0. The first-order valence-electron chi connectivity index (χ1n) is 6.51. The fourth-order valence-corrected chi connectivity index (χ4v) is 2.20. The van der Waals surface area contributed by atoms with Gasteiger partial charge in [-0.25, -0.2) is 0 Å². The smallest absolute Gasteiger partial charge is 0.121 e. The first-order valence-corrected chi connectivity index (χ1v) is 6.51. The van der Waals surface area contributed by atoms with Crippen LogP contribution in [0.15, 0.2) is 24.3 Å². The largest absolute Gasteiger partial charge is 0.507 e. The zero-order valence-corrected chi connectivity index (χ0v) is 12.2. The molecule has 106 valence electrons. The average Bonchev–Trinajstić information content (AvgIpc) is 2.39. The van der Waals surface area contributed by atoms with Gasteiger partial charge in [0.2, 0.25) is 0 Å². The second-order valence-corrected chi connectivity index (χ2v) is 5.17. The number of phenols is 2. The van der Waals surface area contributed by atoms with Crippen LogP contribution in [0.3, 0.4) is 0 Å². The molecule has 0 aromatic heterocycles. The number of aromatic hydroxyl groups is 2. The number of anilines is 2. The summed E-state index contributed by atoms with van der Waals surface area (Å²) in [6, 6.07) is 7.48. The Morgan fingerprint density at radius 3 is 1.10 bits per heavy atom. The van der Waals surface area contributed by atoms with Crippen molar-refractivity contribution in [1.82, 2.24) is 0 Å². The van der Waals surface area contributed by atoms with Crippen LogP contribution in [0.5, 0.6) is 11.5 Å². The zero-order valence-electron chi connectivity index (χ0n) is 12.2. The molecule has 0 aliphatic carbocycles. The van der Waals surface area contributed by atoms with Crippen LogP contribution >= 0.6 is 0 Å². The average molecular weight is 272 g/mol. The van der Waals surface area contributed by atoms with Crippen LogP contribution in [-0.4, -0.2) is 10.2 Å². The van der Waals surface area contributed by atoms with Gasteiger partial charge in [-0.05, 0) is 74.2 Å². The fourth-order valence-electron chi connectivity index (χ4n) is 2.20. The summed E-state index contributed by atoms with van der Waals surface area (Å²) >= 11 is 0. The van der Waals surface area contributed by atoms with Gasteiger partial charge in [-0.2, -0.15) is 0 Å². The second-order valence-electron chi connectivity index (χ2n) is 5.17. The van der Waals surface area contributed by atoms with Gasteiger partial charge < -0.3 is 21.1 Å². The van der Waals surface area contributed by atoms with Gasteiger partial charge in [-0.15, -0.1) is 0 Å². The molecule has 0 aliphatic heterocycles. The molecular formula is C16H20N2O2. The highest BCUT2D eigenvalue weighted by Gasteiger charge is 2.05. The lowest BCUT2D eigenvalue weighted by Crippen LogP contribution is -2.09. The van der Waals surface area contributed by atoms with Crippen molar-refractivity contribution >= 4 is 11.4 Å². The lowest BCUT2D eigenvalue weighted by atomic mass is 10.1. The van der Waals surface area contributed by atoms with Crippen LogP contribution in [0.2, 0.25) is 0 Å². The van der Waals surface area contributed by atoms with E-state index in [2.05, 4.69) is 10.9 Å². The number of aryl methyl sites for hydroxylation is 4. The highest BCUT2D eigenvalue weighted by atomic mass is 16.3. The summed E-state index contributed by atoms with van der Waals surface area (Å²) in [7, 11) is 0. The first kappa shape index (κ1) is 14.1. The van der Waals surface area contributed by atoms with Gasteiger partial charge in [0.05, 0.1) is 11.4 Å². The van der Waals surface area contributed by atoms with Gasteiger partial charge in [0.15, 0.2) is 0 Å². The van der Waals surface area contributed by atoms with Crippen LogP contribution in [0.25, 0.3) is 0 Å². The van der Waals surface area contributed by atoms with E-state index < -0.39 is 0 Å². The van der Waals surface area contributed by atoms with Crippen molar-refractivity contribution in [3.63, 3.8) is 0 Å². The lowest BCUT2D eigenvalue weighted by Gasteiger charge is -2.14. The molecule has 0 aliphatic rings. The van der Waals surface area contributed by atoms with Crippen LogP contribution in [0.1, 0.15) is 22.3 Å². The molecule has 2 rings (SSSR count). The SMILES string of the molecule is Cc1cc(NNc2cc(C)c(O)c(C)c2)cc(C)c1O. The molecule has 20 heavy (non-hydrogen) atoms. The van der Waals surface area contributed by atoms with Crippen molar-refractivity contribution in [2.45, 2.75) is 27.7 Å². The highest BCUT2D eigenvalue weighted by molar-refractivity contribution is 5.60. The van der Waals surface area contributed by atoms with Crippen LogP contribution in [0, 0.1) is 27.7 Å². The molecule has 0 fully saturated rings. The predicted octanol–water partition coefficient (Wildman–Crippen LogP) is 3.77. The molecule has 2 aromatic rings. The number of hydrogen-bond donors (Lipinski definition) is 4. The van der Waals surface area contributed by atoms with Crippen molar-refractivity contribution in [3.05, 3.63) is 46.5 Å². The summed E-state index contributed by atoms with van der Waals surface area (Å²) in [5, 5.41) is 19.5. The second kappa shape index (κ2) is 5.33. The monoisotopic (exact) mass is 272 g/mol. The molecule has 0 heterocycles. The molecule has 0 spiro atoms. The fraction of sp³-hybridized carbons (Fsp3) is 0.250.